The molecule has 0 aliphatic heterocycles. The zero-order valence-corrected chi connectivity index (χ0v) is 14.1. The molecule has 3 rings (SSSR count). The molecular formula is C20H19N3O2. The number of benzene rings is 2. The summed E-state index contributed by atoms with van der Waals surface area (Å²) in [7, 11) is 1.58. The zero-order chi connectivity index (χ0) is 17.8. The molecule has 0 saturated carbocycles. The van der Waals surface area contributed by atoms with Gasteiger partial charge in [0.1, 0.15) is 0 Å². The summed E-state index contributed by atoms with van der Waals surface area (Å²) in [5.41, 5.74) is 3.81. The number of aryl methyl sites for hydroxylation is 1. The summed E-state index contributed by atoms with van der Waals surface area (Å²) < 4.78 is 1.98. The van der Waals surface area contributed by atoms with E-state index in [-0.39, 0.29) is 11.8 Å². The first-order valence-electron chi connectivity index (χ1n) is 7.96. The predicted octanol–water partition coefficient (Wildman–Crippen LogP) is 3.40. The van der Waals surface area contributed by atoms with Crippen LogP contribution < -0.4 is 10.6 Å². The van der Waals surface area contributed by atoms with Crippen LogP contribution in [0.3, 0.4) is 0 Å². The molecule has 0 aliphatic carbocycles. The molecule has 126 valence electrons. The minimum absolute atomic E-state index is 0.159. The summed E-state index contributed by atoms with van der Waals surface area (Å²) in [5.74, 6) is -0.353. The highest BCUT2D eigenvalue weighted by molar-refractivity contribution is 6.05. The fraction of sp³-hybridized carbons (Fsp3) is 0.100. The molecule has 0 aliphatic rings. The molecule has 0 spiro atoms. The lowest BCUT2D eigenvalue weighted by Gasteiger charge is -2.11. The van der Waals surface area contributed by atoms with E-state index in [1.807, 2.05) is 48.1 Å². The van der Waals surface area contributed by atoms with Gasteiger partial charge in [-0.05, 0) is 61.0 Å². The summed E-state index contributed by atoms with van der Waals surface area (Å²) in [4.78, 5) is 24.1. The maximum absolute atomic E-state index is 12.5. The molecule has 5 heteroatoms. The molecule has 5 nitrogen and oxygen atoms in total. The van der Waals surface area contributed by atoms with Crippen molar-refractivity contribution in [2.75, 3.05) is 12.4 Å². The number of amides is 2. The molecule has 0 bridgehead atoms. The molecule has 3 aromatic rings. The SMILES string of the molecule is CNC(=O)c1ccc(NC(=O)c2ccc(C)c(-n3cccc3)c2)cc1. The Morgan fingerprint density at radius 3 is 2.16 bits per heavy atom. The number of hydrogen-bond donors (Lipinski definition) is 2. The van der Waals surface area contributed by atoms with E-state index in [0.29, 0.717) is 16.8 Å². The van der Waals surface area contributed by atoms with Gasteiger partial charge in [0, 0.05) is 41.9 Å². The number of anilines is 1. The Kier molecular flexibility index (Phi) is 4.66. The van der Waals surface area contributed by atoms with E-state index in [4.69, 9.17) is 0 Å². The van der Waals surface area contributed by atoms with Gasteiger partial charge in [-0.25, -0.2) is 0 Å². The number of carbonyl (C=O) groups is 2. The third-order valence-electron chi connectivity index (χ3n) is 3.99. The monoisotopic (exact) mass is 333 g/mol. The van der Waals surface area contributed by atoms with Crippen molar-refractivity contribution in [2.24, 2.45) is 0 Å². The van der Waals surface area contributed by atoms with E-state index >= 15 is 0 Å². The number of nitrogens with one attached hydrogen (secondary N) is 2. The standard InChI is InChI=1S/C20H19N3O2/c1-14-5-6-16(13-18(14)23-11-3-4-12-23)20(25)22-17-9-7-15(8-10-17)19(24)21-2/h3-13H,1-2H3,(H,21,24)(H,22,25). The van der Waals surface area contributed by atoms with E-state index in [2.05, 4.69) is 10.6 Å². The third-order valence-corrected chi connectivity index (χ3v) is 3.99. The van der Waals surface area contributed by atoms with Crippen LogP contribution in [0, 0.1) is 6.92 Å². The number of nitrogens with zero attached hydrogens (tertiary/aromatic N) is 1. The van der Waals surface area contributed by atoms with E-state index in [0.717, 1.165) is 11.3 Å². The first kappa shape index (κ1) is 16.5. The van der Waals surface area contributed by atoms with Gasteiger partial charge in [-0.1, -0.05) is 6.07 Å². The van der Waals surface area contributed by atoms with Crippen LogP contribution in [0.15, 0.2) is 67.0 Å². The van der Waals surface area contributed by atoms with Gasteiger partial charge in [-0.3, -0.25) is 9.59 Å². The van der Waals surface area contributed by atoms with Gasteiger partial charge < -0.3 is 15.2 Å². The molecule has 2 aromatic carbocycles. The summed E-state index contributed by atoms with van der Waals surface area (Å²) in [6, 6.07) is 16.3. The van der Waals surface area contributed by atoms with Crippen LogP contribution in [0.25, 0.3) is 5.69 Å². The van der Waals surface area contributed by atoms with Gasteiger partial charge in [-0.2, -0.15) is 0 Å². The summed E-state index contributed by atoms with van der Waals surface area (Å²) >= 11 is 0. The summed E-state index contributed by atoms with van der Waals surface area (Å²) in [5, 5.41) is 5.42. The number of carbonyl (C=O) groups excluding carboxylic acids is 2. The Labute approximate surface area is 146 Å². The molecule has 0 atom stereocenters. The third kappa shape index (κ3) is 3.61. The second-order valence-electron chi connectivity index (χ2n) is 5.70. The highest BCUT2D eigenvalue weighted by Crippen LogP contribution is 2.18. The first-order chi connectivity index (χ1) is 12.1. The van der Waals surface area contributed by atoms with Crippen molar-refractivity contribution in [2.45, 2.75) is 6.92 Å². The van der Waals surface area contributed by atoms with Gasteiger partial charge in [0.05, 0.1) is 0 Å². The second kappa shape index (κ2) is 7.05. The van der Waals surface area contributed by atoms with E-state index in [1.165, 1.54) is 0 Å². The molecule has 0 unspecified atom stereocenters. The van der Waals surface area contributed by atoms with Crippen molar-refractivity contribution < 1.29 is 9.59 Å². The van der Waals surface area contributed by atoms with Crippen LogP contribution in [0.4, 0.5) is 5.69 Å². The molecule has 2 amide bonds. The Balaban J connectivity index is 1.80. The van der Waals surface area contributed by atoms with Crippen molar-refractivity contribution in [3.63, 3.8) is 0 Å². The average Bonchev–Trinajstić information content (AvgIpc) is 3.16. The van der Waals surface area contributed by atoms with Gasteiger partial charge >= 0.3 is 0 Å². The molecule has 25 heavy (non-hydrogen) atoms. The molecule has 0 saturated heterocycles. The van der Waals surface area contributed by atoms with E-state index in [9.17, 15) is 9.59 Å². The van der Waals surface area contributed by atoms with Crippen molar-refractivity contribution >= 4 is 17.5 Å². The fourth-order valence-electron chi connectivity index (χ4n) is 2.58. The van der Waals surface area contributed by atoms with E-state index in [1.54, 1.807) is 37.4 Å². The molecular weight excluding hydrogens is 314 g/mol. The molecule has 1 heterocycles. The average molecular weight is 333 g/mol. The maximum atomic E-state index is 12.5. The van der Waals surface area contributed by atoms with Crippen molar-refractivity contribution in [1.82, 2.24) is 9.88 Å². The molecule has 0 radical (unpaired) electrons. The van der Waals surface area contributed by atoms with Crippen molar-refractivity contribution in [3.8, 4) is 5.69 Å². The second-order valence-corrected chi connectivity index (χ2v) is 5.70. The van der Waals surface area contributed by atoms with Crippen LogP contribution in [0.5, 0.6) is 0 Å². The Bertz CT molecular complexity index is 897. The lowest BCUT2D eigenvalue weighted by molar-refractivity contribution is 0.0962. The maximum Gasteiger partial charge on any atom is 0.255 e. The molecule has 2 N–H and O–H groups in total. The largest absolute Gasteiger partial charge is 0.355 e. The molecule has 0 fully saturated rings. The van der Waals surface area contributed by atoms with Gasteiger partial charge in [-0.15, -0.1) is 0 Å². The predicted molar refractivity (Wildman–Crippen MR) is 98.3 cm³/mol. The molecule has 1 aromatic heterocycles. The first-order valence-corrected chi connectivity index (χ1v) is 7.96. The van der Waals surface area contributed by atoms with Crippen LogP contribution in [-0.4, -0.2) is 23.4 Å². The number of rotatable bonds is 4. The van der Waals surface area contributed by atoms with Crippen LogP contribution in [0.1, 0.15) is 26.3 Å². The fourth-order valence-corrected chi connectivity index (χ4v) is 2.58. The highest BCUT2D eigenvalue weighted by atomic mass is 16.2. The van der Waals surface area contributed by atoms with Gasteiger partial charge in [0.2, 0.25) is 0 Å². The van der Waals surface area contributed by atoms with E-state index < -0.39 is 0 Å². The Hall–Kier alpha value is -3.34. The number of aromatic nitrogens is 1. The lowest BCUT2D eigenvalue weighted by atomic mass is 10.1. The van der Waals surface area contributed by atoms with Gasteiger partial charge in [0.15, 0.2) is 0 Å². The summed E-state index contributed by atoms with van der Waals surface area (Å²) in [6.45, 7) is 2.01. The highest BCUT2D eigenvalue weighted by Gasteiger charge is 2.10. The topological polar surface area (TPSA) is 63.1 Å². The number of hydrogen-bond acceptors (Lipinski definition) is 2. The normalized spacial score (nSPS) is 10.3. The van der Waals surface area contributed by atoms with Gasteiger partial charge in [0.25, 0.3) is 11.8 Å². The van der Waals surface area contributed by atoms with Crippen molar-refractivity contribution in [3.05, 3.63) is 83.7 Å². The smallest absolute Gasteiger partial charge is 0.255 e. The van der Waals surface area contributed by atoms with Crippen LogP contribution in [0.2, 0.25) is 0 Å². The van der Waals surface area contributed by atoms with Crippen LogP contribution in [-0.2, 0) is 0 Å². The quantitative estimate of drug-likeness (QED) is 0.769. The minimum atomic E-state index is -0.193. The zero-order valence-electron chi connectivity index (χ0n) is 14.1. The van der Waals surface area contributed by atoms with Crippen molar-refractivity contribution in [1.29, 1.82) is 0 Å². The Morgan fingerprint density at radius 2 is 1.52 bits per heavy atom. The minimum Gasteiger partial charge on any atom is -0.355 e. The van der Waals surface area contributed by atoms with Crippen LogP contribution >= 0.6 is 0 Å². The lowest BCUT2D eigenvalue weighted by Crippen LogP contribution is -2.18. The summed E-state index contributed by atoms with van der Waals surface area (Å²) in [6.07, 6.45) is 3.89. The Morgan fingerprint density at radius 1 is 0.880 bits per heavy atom.